The highest BCUT2D eigenvalue weighted by molar-refractivity contribution is 7.85. The minimum absolute atomic E-state index is 0.349. The highest BCUT2D eigenvalue weighted by Crippen LogP contribution is 2.18. The largest absolute Gasteiger partial charge is 0.353 e. The highest BCUT2D eigenvalue weighted by atomic mass is 32.2. The van der Waals surface area contributed by atoms with Crippen molar-refractivity contribution in [2.24, 2.45) is 0 Å². The van der Waals surface area contributed by atoms with E-state index in [0.717, 1.165) is 24.5 Å². The normalized spacial score (nSPS) is 25.1. The first-order valence-corrected chi connectivity index (χ1v) is 7.17. The van der Waals surface area contributed by atoms with Crippen molar-refractivity contribution in [3.8, 4) is 6.07 Å². The fraction of sp³-hybridized carbons (Fsp3) is 0.500. The van der Waals surface area contributed by atoms with Crippen molar-refractivity contribution >= 4 is 16.6 Å². The maximum atomic E-state index is 11.5. The number of nitriles is 1. The van der Waals surface area contributed by atoms with Gasteiger partial charge in [0.2, 0.25) is 0 Å². The molecule has 0 spiro atoms. The summed E-state index contributed by atoms with van der Waals surface area (Å²) >= 11 is 0. The van der Waals surface area contributed by atoms with E-state index >= 15 is 0 Å². The van der Waals surface area contributed by atoms with Gasteiger partial charge in [-0.3, -0.25) is 4.21 Å². The van der Waals surface area contributed by atoms with Gasteiger partial charge in [-0.1, -0.05) is 0 Å². The zero-order chi connectivity index (χ0) is 12.3. The van der Waals surface area contributed by atoms with Gasteiger partial charge in [-0.05, 0) is 25.5 Å². The Morgan fingerprint density at radius 2 is 2.35 bits per heavy atom. The Bertz CT molecular complexity index is 452. The van der Waals surface area contributed by atoms with Crippen LogP contribution in [0.4, 0.5) is 5.82 Å². The molecule has 0 N–H and O–H groups in total. The first-order valence-electron chi connectivity index (χ1n) is 5.68. The van der Waals surface area contributed by atoms with Gasteiger partial charge in [0.15, 0.2) is 0 Å². The maximum Gasteiger partial charge on any atom is 0.128 e. The molecule has 0 aliphatic carbocycles. The molecule has 5 heteroatoms. The monoisotopic (exact) mass is 249 g/mol. The van der Waals surface area contributed by atoms with Crippen molar-refractivity contribution in [3.63, 3.8) is 0 Å². The van der Waals surface area contributed by atoms with Crippen LogP contribution in [-0.4, -0.2) is 33.3 Å². The van der Waals surface area contributed by atoms with Crippen molar-refractivity contribution < 1.29 is 4.21 Å². The van der Waals surface area contributed by atoms with E-state index in [9.17, 15) is 4.21 Å². The van der Waals surface area contributed by atoms with E-state index in [4.69, 9.17) is 5.26 Å². The molecule has 90 valence electrons. The van der Waals surface area contributed by atoms with Crippen molar-refractivity contribution in [2.75, 3.05) is 23.0 Å². The smallest absolute Gasteiger partial charge is 0.128 e. The van der Waals surface area contributed by atoms with Crippen LogP contribution in [0.3, 0.4) is 0 Å². The molecule has 2 atom stereocenters. The van der Waals surface area contributed by atoms with E-state index in [1.165, 1.54) is 0 Å². The molecule has 0 saturated carbocycles. The van der Waals surface area contributed by atoms with E-state index in [1.807, 2.05) is 6.07 Å². The average molecular weight is 249 g/mol. The Morgan fingerprint density at radius 1 is 1.53 bits per heavy atom. The lowest BCUT2D eigenvalue weighted by Crippen LogP contribution is -2.34. The number of hydrogen-bond acceptors (Lipinski definition) is 4. The third-order valence-electron chi connectivity index (χ3n) is 3.03. The Hall–Kier alpha value is -1.41. The topological polar surface area (TPSA) is 57.0 Å². The molecule has 1 aromatic heterocycles. The lowest BCUT2D eigenvalue weighted by Gasteiger charge is -2.27. The van der Waals surface area contributed by atoms with Crippen LogP contribution in [0, 0.1) is 11.3 Å². The second-order valence-corrected chi connectivity index (χ2v) is 5.89. The van der Waals surface area contributed by atoms with Gasteiger partial charge < -0.3 is 4.90 Å². The van der Waals surface area contributed by atoms with Crippen LogP contribution in [0.2, 0.25) is 0 Å². The number of pyridine rings is 1. The molecule has 2 rings (SSSR count). The predicted octanol–water partition coefficient (Wildman–Crippen LogP) is 1.30. The SMILES string of the molecule is C[C@@H]1CC[S@@](=O)CCN1c1ccc(C#N)cn1. The molecule has 17 heavy (non-hydrogen) atoms. The van der Waals surface area contributed by atoms with Crippen LogP contribution in [-0.2, 0) is 10.8 Å². The Balaban J connectivity index is 2.19. The number of hydrogen-bond donors (Lipinski definition) is 0. The zero-order valence-corrected chi connectivity index (χ0v) is 10.6. The lowest BCUT2D eigenvalue weighted by atomic mass is 10.2. The van der Waals surface area contributed by atoms with E-state index in [1.54, 1.807) is 12.3 Å². The summed E-state index contributed by atoms with van der Waals surface area (Å²) in [7, 11) is -0.701. The van der Waals surface area contributed by atoms with Crippen molar-refractivity contribution in [1.29, 1.82) is 5.26 Å². The summed E-state index contributed by atoms with van der Waals surface area (Å²) in [6, 6.07) is 6.05. The van der Waals surface area contributed by atoms with E-state index in [0.29, 0.717) is 17.4 Å². The van der Waals surface area contributed by atoms with Crippen LogP contribution < -0.4 is 4.90 Å². The van der Waals surface area contributed by atoms with Gasteiger partial charge in [-0.2, -0.15) is 5.26 Å². The predicted molar refractivity (Wildman–Crippen MR) is 68.3 cm³/mol. The molecule has 1 aliphatic heterocycles. The van der Waals surface area contributed by atoms with Gasteiger partial charge >= 0.3 is 0 Å². The molecule has 0 amide bonds. The summed E-state index contributed by atoms with van der Waals surface area (Å²) in [5.74, 6) is 2.34. The summed E-state index contributed by atoms with van der Waals surface area (Å²) in [5.41, 5.74) is 0.569. The van der Waals surface area contributed by atoms with Crippen LogP contribution >= 0.6 is 0 Å². The molecular weight excluding hydrogens is 234 g/mol. The fourth-order valence-corrected chi connectivity index (χ4v) is 3.15. The summed E-state index contributed by atoms with van der Waals surface area (Å²) in [6.45, 7) is 2.90. The molecule has 0 aromatic carbocycles. The molecule has 1 fully saturated rings. The van der Waals surface area contributed by atoms with Crippen molar-refractivity contribution in [2.45, 2.75) is 19.4 Å². The maximum absolute atomic E-state index is 11.5. The lowest BCUT2D eigenvalue weighted by molar-refractivity contribution is 0.637. The van der Waals surface area contributed by atoms with Crippen LogP contribution in [0.1, 0.15) is 18.9 Å². The minimum Gasteiger partial charge on any atom is -0.353 e. The quantitative estimate of drug-likeness (QED) is 0.753. The summed E-state index contributed by atoms with van der Waals surface area (Å²) in [5, 5.41) is 8.73. The van der Waals surface area contributed by atoms with Gasteiger partial charge in [0.1, 0.15) is 11.9 Å². The van der Waals surface area contributed by atoms with Crippen molar-refractivity contribution in [3.05, 3.63) is 23.9 Å². The van der Waals surface area contributed by atoms with Gasteiger partial charge in [-0.25, -0.2) is 4.98 Å². The highest BCUT2D eigenvalue weighted by Gasteiger charge is 2.20. The third-order valence-corrected chi connectivity index (χ3v) is 4.36. The van der Waals surface area contributed by atoms with Gasteiger partial charge in [0, 0.05) is 41.1 Å². The number of rotatable bonds is 1. The average Bonchev–Trinajstić information content (AvgIpc) is 2.52. The molecule has 0 unspecified atom stereocenters. The molecule has 0 bridgehead atoms. The molecule has 1 aromatic rings. The molecule has 4 nitrogen and oxygen atoms in total. The standard InChI is InChI=1S/C12H15N3OS/c1-10-4-6-17(16)7-5-15(10)12-3-2-11(8-13)9-14-12/h2-3,9-10H,4-7H2,1H3/t10-,17-/m1/s1. The van der Waals surface area contributed by atoms with Gasteiger partial charge in [0.05, 0.1) is 5.56 Å². The van der Waals surface area contributed by atoms with E-state index < -0.39 is 10.8 Å². The van der Waals surface area contributed by atoms with Gasteiger partial charge in [-0.15, -0.1) is 0 Å². The Kier molecular flexibility index (Phi) is 3.75. The molecule has 2 heterocycles. The number of nitrogens with zero attached hydrogens (tertiary/aromatic N) is 3. The third kappa shape index (κ3) is 2.83. The molecular formula is C12H15N3OS. The van der Waals surface area contributed by atoms with Crippen LogP contribution in [0.15, 0.2) is 18.3 Å². The summed E-state index contributed by atoms with van der Waals surface area (Å²) in [4.78, 5) is 6.47. The second-order valence-electron chi connectivity index (χ2n) is 4.20. The minimum atomic E-state index is -0.701. The zero-order valence-electron chi connectivity index (χ0n) is 9.80. The number of anilines is 1. The van der Waals surface area contributed by atoms with E-state index in [-0.39, 0.29) is 0 Å². The summed E-state index contributed by atoms with van der Waals surface area (Å²) in [6.07, 6.45) is 2.51. The Morgan fingerprint density at radius 3 is 3.00 bits per heavy atom. The van der Waals surface area contributed by atoms with Crippen LogP contribution in [0.25, 0.3) is 0 Å². The first kappa shape index (κ1) is 12.1. The Labute approximate surface area is 104 Å². The van der Waals surface area contributed by atoms with Crippen LogP contribution in [0.5, 0.6) is 0 Å². The summed E-state index contributed by atoms with van der Waals surface area (Å²) < 4.78 is 11.5. The molecule has 1 aliphatic rings. The van der Waals surface area contributed by atoms with Gasteiger partial charge in [0.25, 0.3) is 0 Å². The molecule has 1 saturated heterocycles. The molecule has 0 radical (unpaired) electrons. The first-order chi connectivity index (χ1) is 8.20. The fourth-order valence-electron chi connectivity index (χ4n) is 1.94. The van der Waals surface area contributed by atoms with Crippen molar-refractivity contribution in [1.82, 2.24) is 4.98 Å². The number of aromatic nitrogens is 1. The van der Waals surface area contributed by atoms with E-state index in [2.05, 4.69) is 22.9 Å². The second kappa shape index (κ2) is 5.28.